The Kier molecular flexibility index (Phi) is 5.78. The molecule has 7 heteroatoms. The Labute approximate surface area is 127 Å². The molecule has 0 saturated heterocycles. The minimum Gasteiger partial charge on any atom is -0.274 e. The van der Waals surface area contributed by atoms with Gasteiger partial charge in [0, 0.05) is 28.8 Å². The van der Waals surface area contributed by atoms with Crippen LogP contribution in [0.1, 0.15) is 59.2 Å². The smallest absolute Gasteiger partial charge is 0.262 e. The Balaban J connectivity index is 1.60. The molecule has 0 N–H and O–H groups in total. The molecule has 1 aromatic heterocycles. The van der Waals surface area contributed by atoms with E-state index < -0.39 is 0 Å². The average molecular weight is 306 g/mol. The molecular formula is C14H18N4O2S. The molecule has 0 atom stereocenters. The second-order valence-corrected chi connectivity index (χ2v) is 5.78. The lowest BCUT2D eigenvalue weighted by atomic mass is 10.1. The summed E-state index contributed by atoms with van der Waals surface area (Å²) < 4.78 is 0. The fraction of sp³-hybridized carbons (Fsp3) is 0.571. The van der Waals surface area contributed by atoms with E-state index in [9.17, 15) is 9.59 Å². The number of azide groups is 1. The van der Waals surface area contributed by atoms with Gasteiger partial charge in [0.05, 0.1) is 11.1 Å². The highest BCUT2D eigenvalue weighted by Gasteiger charge is 2.35. The van der Waals surface area contributed by atoms with Crippen molar-refractivity contribution in [2.24, 2.45) is 5.11 Å². The van der Waals surface area contributed by atoms with Crippen molar-refractivity contribution in [3.05, 3.63) is 32.3 Å². The molecule has 0 aromatic carbocycles. The predicted octanol–water partition coefficient (Wildman–Crippen LogP) is 4.00. The van der Waals surface area contributed by atoms with Crippen molar-refractivity contribution < 1.29 is 9.59 Å². The molecule has 6 nitrogen and oxygen atoms in total. The molecule has 0 saturated carbocycles. The number of fused-ring (bicyclic) bond motifs is 1. The molecule has 0 bridgehead atoms. The Bertz CT molecular complexity index is 533. The van der Waals surface area contributed by atoms with E-state index in [1.54, 1.807) is 10.8 Å². The number of amides is 2. The SMILES string of the molecule is [N-]=[N+]=NCCCCCCCCN1C(=O)c2cscc2C1=O. The van der Waals surface area contributed by atoms with Gasteiger partial charge in [0.2, 0.25) is 0 Å². The third kappa shape index (κ3) is 3.83. The van der Waals surface area contributed by atoms with Gasteiger partial charge >= 0.3 is 0 Å². The lowest BCUT2D eigenvalue weighted by Gasteiger charge is -2.13. The average Bonchev–Trinajstić information content (AvgIpc) is 3.04. The van der Waals surface area contributed by atoms with Crippen LogP contribution in [-0.2, 0) is 0 Å². The van der Waals surface area contributed by atoms with E-state index in [2.05, 4.69) is 10.0 Å². The first-order valence-electron chi connectivity index (χ1n) is 7.19. The van der Waals surface area contributed by atoms with Crippen molar-refractivity contribution in [3.8, 4) is 0 Å². The highest BCUT2D eigenvalue weighted by atomic mass is 32.1. The van der Waals surface area contributed by atoms with Crippen LogP contribution < -0.4 is 0 Å². The van der Waals surface area contributed by atoms with Crippen molar-refractivity contribution in [1.82, 2.24) is 4.90 Å². The van der Waals surface area contributed by atoms with Crippen LogP contribution in [0.3, 0.4) is 0 Å². The van der Waals surface area contributed by atoms with Gasteiger partial charge in [0.25, 0.3) is 11.8 Å². The summed E-state index contributed by atoms with van der Waals surface area (Å²) in [5.41, 5.74) is 9.25. The molecule has 1 aromatic rings. The number of imide groups is 1. The van der Waals surface area contributed by atoms with Crippen LogP contribution in [0.15, 0.2) is 15.9 Å². The van der Waals surface area contributed by atoms with Crippen molar-refractivity contribution in [1.29, 1.82) is 0 Å². The molecule has 0 fully saturated rings. The molecule has 2 heterocycles. The lowest BCUT2D eigenvalue weighted by molar-refractivity contribution is 0.0651. The number of rotatable bonds is 9. The molecule has 0 unspecified atom stereocenters. The summed E-state index contributed by atoms with van der Waals surface area (Å²) in [5, 5.41) is 6.99. The first kappa shape index (κ1) is 15.5. The Morgan fingerprint density at radius 3 is 2.19 bits per heavy atom. The summed E-state index contributed by atoms with van der Waals surface area (Å²) >= 11 is 1.40. The van der Waals surface area contributed by atoms with Crippen LogP contribution in [0.5, 0.6) is 0 Å². The van der Waals surface area contributed by atoms with Gasteiger partial charge in [0.15, 0.2) is 0 Å². The minimum absolute atomic E-state index is 0.148. The Morgan fingerprint density at radius 2 is 1.57 bits per heavy atom. The van der Waals surface area contributed by atoms with Crippen LogP contribution in [0, 0.1) is 0 Å². The highest BCUT2D eigenvalue weighted by Crippen LogP contribution is 2.26. The van der Waals surface area contributed by atoms with Gasteiger partial charge in [-0.1, -0.05) is 30.8 Å². The summed E-state index contributed by atoms with van der Waals surface area (Å²) in [5.74, 6) is -0.295. The number of unbranched alkanes of at least 4 members (excludes halogenated alkanes) is 5. The first-order valence-corrected chi connectivity index (χ1v) is 8.13. The summed E-state index contributed by atoms with van der Waals surface area (Å²) in [7, 11) is 0. The molecule has 0 radical (unpaired) electrons. The fourth-order valence-corrected chi connectivity index (χ4v) is 3.21. The van der Waals surface area contributed by atoms with Gasteiger partial charge in [-0.05, 0) is 18.4 Å². The summed E-state index contributed by atoms with van der Waals surface area (Å²) in [6.07, 6.45) is 6.00. The molecule has 21 heavy (non-hydrogen) atoms. The van der Waals surface area contributed by atoms with Crippen LogP contribution >= 0.6 is 11.3 Å². The molecule has 0 spiro atoms. The highest BCUT2D eigenvalue weighted by molar-refractivity contribution is 7.08. The van der Waals surface area contributed by atoms with Gasteiger partial charge < -0.3 is 0 Å². The minimum atomic E-state index is -0.148. The van der Waals surface area contributed by atoms with Crippen molar-refractivity contribution in [2.75, 3.05) is 13.1 Å². The zero-order chi connectivity index (χ0) is 15.1. The predicted molar refractivity (Wildman–Crippen MR) is 81.4 cm³/mol. The van der Waals surface area contributed by atoms with Crippen molar-refractivity contribution >= 4 is 23.2 Å². The second-order valence-electron chi connectivity index (χ2n) is 5.04. The third-order valence-electron chi connectivity index (χ3n) is 3.57. The number of hydrogen-bond donors (Lipinski definition) is 0. The molecule has 0 aliphatic carbocycles. The van der Waals surface area contributed by atoms with Crippen LogP contribution in [0.4, 0.5) is 0 Å². The lowest BCUT2D eigenvalue weighted by Crippen LogP contribution is -2.30. The summed E-state index contributed by atoms with van der Waals surface area (Å²) in [6, 6.07) is 0. The van der Waals surface area contributed by atoms with Gasteiger partial charge in [-0.2, -0.15) is 11.3 Å². The van der Waals surface area contributed by atoms with E-state index >= 15 is 0 Å². The maximum atomic E-state index is 12.0. The number of thiophene rings is 1. The van der Waals surface area contributed by atoms with Crippen molar-refractivity contribution in [2.45, 2.75) is 38.5 Å². The van der Waals surface area contributed by atoms with Gasteiger partial charge in [-0.3, -0.25) is 14.5 Å². The summed E-state index contributed by atoms with van der Waals surface area (Å²) in [6.45, 7) is 1.07. The number of carbonyl (C=O) groups excluding carboxylic acids is 2. The summed E-state index contributed by atoms with van der Waals surface area (Å²) in [4.78, 5) is 28.1. The van der Waals surface area contributed by atoms with Gasteiger partial charge in [0.1, 0.15) is 0 Å². The maximum Gasteiger partial charge on any atom is 0.262 e. The van der Waals surface area contributed by atoms with E-state index in [-0.39, 0.29) is 11.8 Å². The zero-order valence-electron chi connectivity index (χ0n) is 11.8. The fourth-order valence-electron chi connectivity index (χ4n) is 2.42. The van der Waals surface area contributed by atoms with Gasteiger partial charge in [-0.25, -0.2) is 0 Å². The van der Waals surface area contributed by atoms with E-state index in [0.29, 0.717) is 24.2 Å². The molecule has 1 aliphatic heterocycles. The molecule has 1 aliphatic rings. The van der Waals surface area contributed by atoms with E-state index in [0.717, 1.165) is 38.5 Å². The standard InChI is InChI=1S/C14H18N4O2S/c15-17-16-7-5-3-1-2-4-6-8-18-13(19)11-9-21-10-12(11)14(18)20/h9-10H,1-8H2. The monoisotopic (exact) mass is 306 g/mol. The maximum absolute atomic E-state index is 12.0. The number of carbonyl (C=O) groups is 2. The molecule has 112 valence electrons. The third-order valence-corrected chi connectivity index (χ3v) is 4.31. The van der Waals surface area contributed by atoms with E-state index in [1.165, 1.54) is 16.2 Å². The number of nitrogens with zero attached hydrogens (tertiary/aromatic N) is 4. The first-order chi connectivity index (χ1) is 10.3. The largest absolute Gasteiger partial charge is 0.274 e. The molecule has 2 amide bonds. The quantitative estimate of drug-likeness (QED) is 0.227. The second kappa shape index (κ2) is 7.81. The normalized spacial score (nSPS) is 13.4. The number of hydrogen-bond acceptors (Lipinski definition) is 4. The van der Waals surface area contributed by atoms with E-state index in [4.69, 9.17) is 5.53 Å². The topological polar surface area (TPSA) is 86.1 Å². The Hall–Kier alpha value is -1.85. The van der Waals surface area contributed by atoms with Crippen LogP contribution in [-0.4, -0.2) is 29.8 Å². The van der Waals surface area contributed by atoms with E-state index in [1.807, 2.05) is 0 Å². The van der Waals surface area contributed by atoms with Crippen molar-refractivity contribution in [3.63, 3.8) is 0 Å². The Morgan fingerprint density at radius 1 is 1.00 bits per heavy atom. The molecule has 2 rings (SSSR count). The zero-order valence-corrected chi connectivity index (χ0v) is 12.6. The van der Waals surface area contributed by atoms with Crippen LogP contribution in [0.2, 0.25) is 0 Å². The van der Waals surface area contributed by atoms with Crippen LogP contribution in [0.25, 0.3) is 10.4 Å². The van der Waals surface area contributed by atoms with Gasteiger partial charge in [-0.15, -0.1) is 0 Å². The molecular weight excluding hydrogens is 288 g/mol.